The van der Waals surface area contributed by atoms with Crippen molar-refractivity contribution in [2.45, 2.75) is 13.3 Å². The average molecular weight is 448 g/mol. The van der Waals surface area contributed by atoms with Gasteiger partial charge in [-0.05, 0) is 36.2 Å². The van der Waals surface area contributed by atoms with Gasteiger partial charge in [0.25, 0.3) is 0 Å². The van der Waals surface area contributed by atoms with Gasteiger partial charge < -0.3 is 14.8 Å². The fourth-order valence-electron chi connectivity index (χ4n) is 2.93. The van der Waals surface area contributed by atoms with E-state index in [4.69, 9.17) is 4.74 Å². The molecule has 0 saturated heterocycles. The van der Waals surface area contributed by atoms with E-state index in [-0.39, 0.29) is 16.8 Å². The zero-order valence-corrected chi connectivity index (χ0v) is 18.5. The Labute approximate surface area is 181 Å². The van der Waals surface area contributed by atoms with Crippen LogP contribution in [0.25, 0.3) is 0 Å². The minimum absolute atomic E-state index is 0.00280. The summed E-state index contributed by atoms with van der Waals surface area (Å²) >= 11 is 0. The third-order valence-corrected chi connectivity index (χ3v) is 5.58. The predicted molar refractivity (Wildman–Crippen MR) is 116 cm³/mol. The molecule has 9 nitrogen and oxygen atoms in total. The predicted octanol–water partition coefficient (Wildman–Crippen LogP) is 2.23. The average Bonchev–Trinajstić information content (AvgIpc) is 2.75. The smallest absolute Gasteiger partial charge is 0.339 e. The molecule has 0 unspecified atom stereocenters. The van der Waals surface area contributed by atoms with Crippen molar-refractivity contribution in [1.29, 1.82) is 0 Å². The zero-order chi connectivity index (χ0) is 23.2. The number of benzene rings is 2. The molecule has 0 heterocycles. The summed E-state index contributed by atoms with van der Waals surface area (Å²) in [6.45, 7) is 1.35. The van der Waals surface area contributed by atoms with Gasteiger partial charge in [-0.1, -0.05) is 25.1 Å². The summed E-state index contributed by atoms with van der Waals surface area (Å²) in [7, 11) is -1.41. The molecule has 0 atom stereocenters. The number of carbonyl (C=O) groups excluding carboxylic acids is 3. The van der Waals surface area contributed by atoms with Crippen molar-refractivity contribution >= 4 is 39.2 Å². The SMILES string of the molecule is CCc1ccccc1N(CC(=O)Nc1cc(C(=O)OC)ccc1C(=O)OC)S(C)(=O)=O. The third-order valence-electron chi connectivity index (χ3n) is 4.45. The first-order valence-electron chi connectivity index (χ1n) is 9.28. The number of hydrogen-bond donors (Lipinski definition) is 1. The summed E-state index contributed by atoms with van der Waals surface area (Å²) in [6, 6.07) is 10.8. The number of sulfonamides is 1. The number of hydrogen-bond acceptors (Lipinski definition) is 7. The van der Waals surface area contributed by atoms with Crippen LogP contribution in [-0.2, 0) is 30.7 Å². The lowest BCUT2D eigenvalue weighted by Gasteiger charge is -2.24. The molecular formula is C21H24N2O7S. The summed E-state index contributed by atoms with van der Waals surface area (Å²) in [6.07, 6.45) is 1.57. The summed E-state index contributed by atoms with van der Waals surface area (Å²) in [4.78, 5) is 36.7. The monoisotopic (exact) mass is 448 g/mol. The van der Waals surface area contributed by atoms with E-state index in [9.17, 15) is 22.8 Å². The maximum atomic E-state index is 12.8. The van der Waals surface area contributed by atoms with Crippen LogP contribution in [0.2, 0.25) is 0 Å². The number of carbonyl (C=O) groups is 3. The van der Waals surface area contributed by atoms with Gasteiger partial charge in [-0.2, -0.15) is 0 Å². The largest absolute Gasteiger partial charge is 0.465 e. The van der Waals surface area contributed by atoms with Crippen molar-refractivity contribution in [2.24, 2.45) is 0 Å². The molecule has 0 bridgehead atoms. The topological polar surface area (TPSA) is 119 Å². The second-order valence-electron chi connectivity index (χ2n) is 6.54. The lowest BCUT2D eigenvalue weighted by atomic mass is 10.1. The number of esters is 2. The molecule has 31 heavy (non-hydrogen) atoms. The van der Waals surface area contributed by atoms with Crippen molar-refractivity contribution in [3.63, 3.8) is 0 Å². The number of methoxy groups -OCH3 is 2. The van der Waals surface area contributed by atoms with Crippen molar-refractivity contribution in [3.8, 4) is 0 Å². The molecule has 0 aromatic heterocycles. The fourth-order valence-corrected chi connectivity index (χ4v) is 3.82. The van der Waals surface area contributed by atoms with E-state index in [1.807, 2.05) is 6.92 Å². The van der Waals surface area contributed by atoms with Gasteiger partial charge in [0, 0.05) is 0 Å². The Balaban J connectivity index is 2.40. The molecule has 2 rings (SSSR count). The molecule has 10 heteroatoms. The van der Waals surface area contributed by atoms with Crippen molar-refractivity contribution in [1.82, 2.24) is 0 Å². The molecular weight excluding hydrogens is 424 g/mol. The maximum Gasteiger partial charge on any atom is 0.339 e. The van der Waals surface area contributed by atoms with Crippen LogP contribution in [0.1, 0.15) is 33.2 Å². The van der Waals surface area contributed by atoms with Crippen LogP contribution >= 0.6 is 0 Å². The van der Waals surface area contributed by atoms with Crippen LogP contribution in [0.5, 0.6) is 0 Å². The summed E-state index contributed by atoms with van der Waals surface area (Å²) in [5.74, 6) is -2.10. The molecule has 1 amide bonds. The van der Waals surface area contributed by atoms with Gasteiger partial charge in [-0.25, -0.2) is 18.0 Å². The quantitative estimate of drug-likeness (QED) is 0.615. The first-order chi connectivity index (χ1) is 14.6. The number of rotatable bonds is 8. The van der Waals surface area contributed by atoms with Crippen molar-refractivity contribution in [3.05, 3.63) is 59.2 Å². The number of para-hydroxylation sites is 1. The van der Waals surface area contributed by atoms with E-state index in [0.717, 1.165) is 16.1 Å². The van der Waals surface area contributed by atoms with Gasteiger partial charge in [-0.3, -0.25) is 9.10 Å². The standard InChI is InChI=1S/C21H24N2O7S/c1-5-14-8-6-7-9-18(14)23(31(4,27)28)13-19(24)22-17-12-15(20(25)29-2)10-11-16(17)21(26)30-3/h6-12H,5,13H2,1-4H3,(H,22,24). The van der Waals surface area contributed by atoms with Crippen molar-refractivity contribution in [2.75, 3.05) is 36.6 Å². The minimum atomic E-state index is -3.79. The highest BCUT2D eigenvalue weighted by molar-refractivity contribution is 7.92. The maximum absolute atomic E-state index is 12.8. The first kappa shape index (κ1) is 23.9. The van der Waals surface area contributed by atoms with E-state index in [1.165, 1.54) is 32.4 Å². The van der Waals surface area contributed by atoms with Gasteiger partial charge in [0.1, 0.15) is 6.54 Å². The molecule has 1 N–H and O–H groups in total. The molecule has 0 aliphatic heterocycles. The molecule has 0 saturated carbocycles. The minimum Gasteiger partial charge on any atom is -0.465 e. The van der Waals surface area contributed by atoms with Crippen LogP contribution in [0.3, 0.4) is 0 Å². The zero-order valence-electron chi connectivity index (χ0n) is 17.7. The summed E-state index contributed by atoms with van der Waals surface area (Å²) < 4.78 is 35.2. The lowest BCUT2D eigenvalue weighted by molar-refractivity contribution is -0.114. The molecule has 0 aliphatic rings. The molecule has 2 aromatic carbocycles. The molecule has 0 aliphatic carbocycles. The Morgan fingerprint density at radius 1 is 1.00 bits per heavy atom. The molecule has 166 valence electrons. The van der Waals surface area contributed by atoms with Crippen LogP contribution in [-0.4, -0.2) is 53.3 Å². The highest BCUT2D eigenvalue weighted by Crippen LogP contribution is 2.24. The van der Waals surface area contributed by atoms with Gasteiger partial charge >= 0.3 is 11.9 Å². The van der Waals surface area contributed by atoms with E-state index < -0.39 is 34.4 Å². The molecule has 0 radical (unpaired) electrons. The Hall–Kier alpha value is -3.40. The number of aryl methyl sites for hydroxylation is 1. The van der Waals surface area contributed by atoms with Gasteiger partial charge in [0.15, 0.2) is 0 Å². The number of anilines is 2. The second-order valence-corrected chi connectivity index (χ2v) is 8.45. The third kappa shape index (κ3) is 5.82. The number of nitrogens with zero attached hydrogens (tertiary/aromatic N) is 1. The first-order valence-corrected chi connectivity index (χ1v) is 11.1. The number of ether oxygens (including phenoxy) is 2. The van der Waals surface area contributed by atoms with Crippen LogP contribution < -0.4 is 9.62 Å². The van der Waals surface area contributed by atoms with Crippen LogP contribution in [0.4, 0.5) is 11.4 Å². The Bertz CT molecular complexity index is 1100. The normalized spacial score (nSPS) is 10.8. The van der Waals surface area contributed by atoms with Crippen molar-refractivity contribution < 1.29 is 32.3 Å². The van der Waals surface area contributed by atoms with Crippen LogP contribution in [0, 0.1) is 0 Å². The lowest BCUT2D eigenvalue weighted by Crippen LogP contribution is -2.38. The molecule has 0 fully saturated rings. The Kier molecular flexibility index (Phi) is 7.76. The highest BCUT2D eigenvalue weighted by Gasteiger charge is 2.24. The summed E-state index contributed by atoms with van der Waals surface area (Å²) in [5.41, 5.74) is 1.24. The van der Waals surface area contributed by atoms with Crippen LogP contribution in [0.15, 0.2) is 42.5 Å². The van der Waals surface area contributed by atoms with Gasteiger partial charge in [-0.15, -0.1) is 0 Å². The fraction of sp³-hybridized carbons (Fsp3) is 0.286. The van der Waals surface area contributed by atoms with E-state index in [1.54, 1.807) is 24.3 Å². The van der Waals surface area contributed by atoms with E-state index >= 15 is 0 Å². The van der Waals surface area contributed by atoms with Gasteiger partial charge in [0.05, 0.1) is 43.0 Å². The van der Waals surface area contributed by atoms with E-state index in [0.29, 0.717) is 12.1 Å². The Morgan fingerprint density at radius 2 is 1.65 bits per heavy atom. The Morgan fingerprint density at radius 3 is 2.23 bits per heavy atom. The number of nitrogens with one attached hydrogen (secondary N) is 1. The number of amides is 1. The molecule has 2 aromatic rings. The summed E-state index contributed by atoms with van der Waals surface area (Å²) in [5, 5.41) is 2.50. The van der Waals surface area contributed by atoms with E-state index in [2.05, 4.69) is 10.1 Å². The van der Waals surface area contributed by atoms with Gasteiger partial charge in [0.2, 0.25) is 15.9 Å². The second kappa shape index (κ2) is 10.1. The molecule has 0 spiro atoms. The highest BCUT2D eigenvalue weighted by atomic mass is 32.2.